The minimum atomic E-state index is -0.652. The Balaban J connectivity index is 1.85. The molecule has 0 aromatic carbocycles. The van der Waals surface area contributed by atoms with Crippen molar-refractivity contribution in [2.75, 3.05) is 26.8 Å². The maximum absolute atomic E-state index is 10.4. The second kappa shape index (κ2) is 5.77. The highest BCUT2D eigenvalue weighted by atomic mass is 16.5. The molecule has 1 aromatic heterocycles. The van der Waals surface area contributed by atoms with Crippen LogP contribution in [0.5, 0.6) is 0 Å². The number of nitrogens with zero attached hydrogens (tertiary/aromatic N) is 3. The zero-order valence-corrected chi connectivity index (χ0v) is 11.1. The van der Waals surface area contributed by atoms with Gasteiger partial charge in [-0.2, -0.15) is 0 Å². The maximum Gasteiger partial charge on any atom is 0.230 e. The van der Waals surface area contributed by atoms with Crippen molar-refractivity contribution in [2.24, 2.45) is 0 Å². The Bertz CT molecular complexity index is 374. The van der Waals surface area contributed by atoms with Gasteiger partial charge in [0, 0.05) is 39.0 Å². The van der Waals surface area contributed by atoms with Gasteiger partial charge in [0.25, 0.3) is 0 Å². The van der Waals surface area contributed by atoms with Gasteiger partial charge < -0.3 is 14.3 Å². The zero-order chi connectivity index (χ0) is 13.0. The van der Waals surface area contributed by atoms with Crippen molar-refractivity contribution in [3.8, 4) is 0 Å². The number of rotatable bonds is 5. The molecule has 6 nitrogen and oxygen atoms in total. The summed E-state index contributed by atoms with van der Waals surface area (Å²) in [6.45, 7) is 4.40. The van der Waals surface area contributed by atoms with Crippen molar-refractivity contribution in [2.45, 2.75) is 38.3 Å². The monoisotopic (exact) mass is 255 g/mol. The summed E-state index contributed by atoms with van der Waals surface area (Å²) in [6.07, 6.45) is 2.11. The number of likely N-dealkylation sites (N-methyl/N-ethyl adjacent to an activating group) is 1. The fraction of sp³-hybridized carbons (Fsp3) is 0.833. The molecule has 0 atom stereocenters. The number of aryl methyl sites for hydroxylation is 1. The van der Waals surface area contributed by atoms with Gasteiger partial charge >= 0.3 is 0 Å². The van der Waals surface area contributed by atoms with Crippen molar-refractivity contribution < 1.29 is 14.3 Å². The van der Waals surface area contributed by atoms with Crippen LogP contribution in [0, 0.1) is 0 Å². The largest absolute Gasteiger partial charge is 0.424 e. The van der Waals surface area contributed by atoms with Gasteiger partial charge in [-0.25, -0.2) is 0 Å². The highest BCUT2D eigenvalue weighted by molar-refractivity contribution is 4.86. The second-order valence-corrected chi connectivity index (χ2v) is 4.95. The highest BCUT2D eigenvalue weighted by Crippen LogP contribution is 2.21. The van der Waals surface area contributed by atoms with Gasteiger partial charge in [-0.05, 0) is 7.05 Å². The smallest absolute Gasteiger partial charge is 0.230 e. The molecule has 2 heterocycles. The van der Waals surface area contributed by atoms with E-state index in [4.69, 9.17) is 9.15 Å². The SMILES string of the molecule is CCc1nnc(CN(C)CC2(O)CCOCC2)o1. The van der Waals surface area contributed by atoms with Gasteiger partial charge in [-0.15, -0.1) is 10.2 Å². The van der Waals surface area contributed by atoms with E-state index < -0.39 is 5.60 Å². The van der Waals surface area contributed by atoms with Gasteiger partial charge in [0.15, 0.2) is 0 Å². The molecule has 0 saturated carbocycles. The second-order valence-electron chi connectivity index (χ2n) is 4.95. The zero-order valence-electron chi connectivity index (χ0n) is 11.1. The third kappa shape index (κ3) is 3.51. The van der Waals surface area contributed by atoms with Gasteiger partial charge in [0.1, 0.15) is 0 Å². The van der Waals surface area contributed by atoms with Crippen molar-refractivity contribution in [1.82, 2.24) is 15.1 Å². The van der Waals surface area contributed by atoms with Crippen LogP contribution in [0.3, 0.4) is 0 Å². The Hall–Kier alpha value is -0.980. The highest BCUT2D eigenvalue weighted by Gasteiger charge is 2.31. The average Bonchev–Trinajstić information content (AvgIpc) is 2.76. The third-order valence-corrected chi connectivity index (χ3v) is 3.20. The number of aliphatic hydroxyl groups is 1. The van der Waals surface area contributed by atoms with Crippen LogP contribution in [-0.4, -0.2) is 52.6 Å². The van der Waals surface area contributed by atoms with E-state index in [9.17, 15) is 5.11 Å². The lowest BCUT2D eigenvalue weighted by Gasteiger charge is -2.35. The summed E-state index contributed by atoms with van der Waals surface area (Å²) in [5.41, 5.74) is -0.652. The van der Waals surface area contributed by atoms with E-state index in [1.54, 1.807) is 0 Å². The van der Waals surface area contributed by atoms with E-state index in [0.717, 1.165) is 6.42 Å². The normalized spacial score (nSPS) is 19.3. The molecule has 102 valence electrons. The molecular weight excluding hydrogens is 234 g/mol. The van der Waals surface area contributed by atoms with Crippen LogP contribution in [0.15, 0.2) is 4.42 Å². The quantitative estimate of drug-likeness (QED) is 0.831. The summed E-state index contributed by atoms with van der Waals surface area (Å²) in [6, 6.07) is 0. The number of aromatic nitrogens is 2. The third-order valence-electron chi connectivity index (χ3n) is 3.20. The summed E-state index contributed by atoms with van der Waals surface area (Å²) in [5, 5.41) is 18.3. The molecule has 0 amide bonds. The van der Waals surface area contributed by atoms with Crippen molar-refractivity contribution in [1.29, 1.82) is 0 Å². The van der Waals surface area contributed by atoms with Crippen LogP contribution in [-0.2, 0) is 17.7 Å². The maximum atomic E-state index is 10.4. The van der Waals surface area contributed by atoms with Crippen LogP contribution >= 0.6 is 0 Å². The molecule has 1 aliphatic rings. The molecule has 1 saturated heterocycles. The molecule has 0 spiro atoms. The van der Waals surface area contributed by atoms with E-state index in [1.807, 2.05) is 18.9 Å². The van der Waals surface area contributed by atoms with Crippen molar-refractivity contribution >= 4 is 0 Å². The first-order valence-electron chi connectivity index (χ1n) is 6.41. The van der Waals surface area contributed by atoms with E-state index in [1.165, 1.54) is 0 Å². The summed E-state index contributed by atoms with van der Waals surface area (Å²) < 4.78 is 10.7. The molecule has 1 aliphatic heterocycles. The number of hydrogen-bond acceptors (Lipinski definition) is 6. The molecule has 0 aliphatic carbocycles. The number of hydrogen-bond donors (Lipinski definition) is 1. The molecule has 2 rings (SSSR count). The Morgan fingerprint density at radius 3 is 2.56 bits per heavy atom. The van der Waals surface area contributed by atoms with Gasteiger partial charge in [0.2, 0.25) is 11.8 Å². The van der Waals surface area contributed by atoms with E-state index in [2.05, 4.69) is 10.2 Å². The Labute approximate surface area is 107 Å². The molecule has 6 heteroatoms. The lowest BCUT2D eigenvalue weighted by molar-refractivity contribution is -0.0783. The molecule has 0 bridgehead atoms. The van der Waals surface area contributed by atoms with Crippen LogP contribution in [0.2, 0.25) is 0 Å². The van der Waals surface area contributed by atoms with Gasteiger partial charge in [-0.3, -0.25) is 4.90 Å². The van der Waals surface area contributed by atoms with E-state index in [0.29, 0.717) is 50.9 Å². The van der Waals surface area contributed by atoms with Crippen LogP contribution < -0.4 is 0 Å². The van der Waals surface area contributed by atoms with E-state index in [-0.39, 0.29) is 0 Å². The summed E-state index contributed by atoms with van der Waals surface area (Å²) in [5.74, 6) is 1.26. The summed E-state index contributed by atoms with van der Waals surface area (Å²) in [4.78, 5) is 2.01. The number of ether oxygens (including phenoxy) is 1. The van der Waals surface area contributed by atoms with Crippen molar-refractivity contribution in [3.63, 3.8) is 0 Å². The average molecular weight is 255 g/mol. The first-order valence-corrected chi connectivity index (χ1v) is 6.41. The Morgan fingerprint density at radius 1 is 1.28 bits per heavy atom. The topological polar surface area (TPSA) is 71.6 Å². The standard InChI is InChI=1S/C12H21N3O3/c1-3-10-13-14-11(18-10)8-15(2)9-12(16)4-6-17-7-5-12/h16H,3-9H2,1-2H3. The molecule has 1 fully saturated rings. The van der Waals surface area contributed by atoms with Crippen LogP contribution in [0.1, 0.15) is 31.5 Å². The van der Waals surface area contributed by atoms with E-state index >= 15 is 0 Å². The van der Waals surface area contributed by atoms with Gasteiger partial charge in [0.05, 0.1) is 12.1 Å². The fourth-order valence-electron chi connectivity index (χ4n) is 2.19. The minimum absolute atomic E-state index is 0.566. The Kier molecular flexibility index (Phi) is 4.31. The molecule has 1 aromatic rings. The molecule has 0 unspecified atom stereocenters. The Morgan fingerprint density at radius 2 is 1.94 bits per heavy atom. The lowest BCUT2D eigenvalue weighted by atomic mass is 9.94. The minimum Gasteiger partial charge on any atom is -0.424 e. The first kappa shape index (κ1) is 13.5. The van der Waals surface area contributed by atoms with Crippen molar-refractivity contribution in [3.05, 3.63) is 11.8 Å². The molecule has 18 heavy (non-hydrogen) atoms. The van der Waals surface area contributed by atoms with Crippen LogP contribution in [0.25, 0.3) is 0 Å². The lowest BCUT2D eigenvalue weighted by Crippen LogP contribution is -2.45. The fourth-order valence-corrected chi connectivity index (χ4v) is 2.19. The summed E-state index contributed by atoms with van der Waals surface area (Å²) >= 11 is 0. The predicted octanol–water partition coefficient (Wildman–Crippen LogP) is 0.605. The van der Waals surface area contributed by atoms with Crippen LogP contribution in [0.4, 0.5) is 0 Å². The molecule has 1 N–H and O–H groups in total. The van der Waals surface area contributed by atoms with Gasteiger partial charge in [-0.1, -0.05) is 6.92 Å². The first-order chi connectivity index (χ1) is 8.61. The summed E-state index contributed by atoms with van der Waals surface area (Å²) in [7, 11) is 1.95. The molecule has 0 radical (unpaired) electrons. The molecular formula is C12H21N3O3. The predicted molar refractivity (Wildman–Crippen MR) is 65.0 cm³/mol.